The summed E-state index contributed by atoms with van der Waals surface area (Å²) in [5, 5.41) is 3.46. The molecule has 19 heteroatoms. The molecule has 330 valence electrons. The van der Waals surface area contributed by atoms with Gasteiger partial charge in [0.2, 0.25) is 5.91 Å². The number of nitrogens with one attached hydrogen (secondary N) is 1. The normalized spacial score (nSPS) is 16.1. The molecule has 1 unspecified atom stereocenters. The Morgan fingerprint density at radius 3 is 1.93 bits per heavy atom. The number of hydrogen-bond donors (Lipinski definition) is 5. The Balaban J connectivity index is 0.859. The van der Waals surface area contributed by atoms with E-state index in [2.05, 4.69) is 38.5 Å². The van der Waals surface area contributed by atoms with Gasteiger partial charge in [-0.05, 0) is 41.3 Å². The Hall–Kier alpha value is -4.54. The fourth-order valence-corrected chi connectivity index (χ4v) is 6.34. The Bertz CT molecular complexity index is 1840. The molecule has 2 aliphatic heterocycles. The van der Waals surface area contributed by atoms with E-state index < -0.39 is 6.17 Å². The number of nitrogens with two attached hydrogens (primary N) is 4. The van der Waals surface area contributed by atoms with Crippen molar-refractivity contribution in [1.82, 2.24) is 15.2 Å². The van der Waals surface area contributed by atoms with Crippen LogP contribution >= 0.6 is 0 Å². The standard InChI is InChI=1S/C41H61N9O10/c42-7-10-53-12-14-55-16-18-57-20-22-59-24-23-58-21-19-56-17-15-54-13-11-52-9-6-36(51)50-8-5-31-25-30(1-2-33(31)28-50)27-46-40-37(39(44)47-29-48-40)38(43)32-3-4-35-34(26-32)49-41(45)60-35/h1-4,25-26,29,40,46H,5-24,27-28,42-43H2,(H2,45,49)(H2,44,47,48). The van der Waals surface area contributed by atoms with E-state index in [0.29, 0.717) is 166 Å². The molecule has 0 bridgehead atoms. The number of oxazole rings is 1. The highest BCUT2D eigenvalue weighted by Gasteiger charge is 2.24. The fraction of sp³-hybridized carbons (Fsp3) is 0.561. The van der Waals surface area contributed by atoms with Crippen molar-refractivity contribution in [2.75, 3.05) is 125 Å². The molecular formula is C41H61N9O10. The zero-order valence-corrected chi connectivity index (χ0v) is 34.4. The highest BCUT2D eigenvalue weighted by atomic mass is 16.6. The van der Waals surface area contributed by atoms with E-state index >= 15 is 0 Å². The highest BCUT2D eigenvalue weighted by Crippen LogP contribution is 2.25. The van der Waals surface area contributed by atoms with Gasteiger partial charge in [-0.3, -0.25) is 10.1 Å². The minimum atomic E-state index is -0.505. The second kappa shape index (κ2) is 26.6. The van der Waals surface area contributed by atoms with Crippen LogP contribution in [0.1, 0.15) is 28.7 Å². The van der Waals surface area contributed by atoms with Crippen molar-refractivity contribution in [2.45, 2.75) is 32.1 Å². The maximum absolute atomic E-state index is 13.0. The summed E-state index contributed by atoms with van der Waals surface area (Å²) in [7, 11) is 0. The number of hydrogen-bond acceptors (Lipinski definition) is 18. The van der Waals surface area contributed by atoms with E-state index in [9.17, 15) is 4.79 Å². The van der Waals surface area contributed by atoms with Gasteiger partial charge in [-0.25, -0.2) is 9.98 Å². The Kier molecular flexibility index (Phi) is 20.6. The number of benzene rings is 2. The number of nitrogens with zero attached hydrogens (tertiary/aromatic N) is 4. The molecule has 0 saturated heterocycles. The topological polar surface area (TPSA) is 261 Å². The van der Waals surface area contributed by atoms with Crippen LogP contribution in [0.15, 0.2) is 56.4 Å². The van der Waals surface area contributed by atoms with Crippen molar-refractivity contribution in [2.24, 2.45) is 27.2 Å². The predicted molar refractivity (Wildman–Crippen MR) is 226 cm³/mol. The Morgan fingerprint density at radius 2 is 1.33 bits per heavy atom. The SMILES string of the molecule is NCCOCCOCCOCCOCCOCCOCCOCCOCCC(=O)N1CCc2cc(CNC3N=CN=C(N)C3=C(N)c3ccc4oc(N)nc4c3)ccc2C1. The van der Waals surface area contributed by atoms with Crippen LogP contribution in [0.5, 0.6) is 0 Å². The number of carbonyl (C=O) groups is 1. The lowest BCUT2D eigenvalue weighted by Crippen LogP contribution is -2.39. The lowest BCUT2D eigenvalue weighted by molar-refractivity contribution is -0.133. The predicted octanol–water partition coefficient (Wildman–Crippen LogP) is 0.961. The smallest absolute Gasteiger partial charge is 0.292 e. The quantitative estimate of drug-likeness (QED) is 0.0586. The first-order valence-corrected chi connectivity index (χ1v) is 20.4. The minimum Gasteiger partial charge on any atom is -0.424 e. The molecule has 3 aromatic rings. The molecule has 60 heavy (non-hydrogen) atoms. The highest BCUT2D eigenvalue weighted by molar-refractivity contribution is 6.08. The van der Waals surface area contributed by atoms with E-state index in [0.717, 1.165) is 17.5 Å². The lowest BCUT2D eigenvalue weighted by Gasteiger charge is -2.29. The van der Waals surface area contributed by atoms with Gasteiger partial charge >= 0.3 is 0 Å². The number of carbonyl (C=O) groups excluding carboxylic acids is 1. The summed E-state index contributed by atoms with van der Waals surface area (Å²) in [6, 6.07) is 11.8. The van der Waals surface area contributed by atoms with Gasteiger partial charge in [0.15, 0.2) is 5.58 Å². The summed E-state index contributed by atoms with van der Waals surface area (Å²) in [4.78, 5) is 27.7. The molecular weight excluding hydrogens is 779 g/mol. The van der Waals surface area contributed by atoms with Crippen molar-refractivity contribution >= 4 is 40.9 Å². The van der Waals surface area contributed by atoms with Crippen molar-refractivity contribution in [3.63, 3.8) is 0 Å². The summed E-state index contributed by atoms with van der Waals surface area (Å²) in [6.45, 7) is 9.90. The molecule has 3 heterocycles. The largest absolute Gasteiger partial charge is 0.424 e. The molecule has 9 N–H and O–H groups in total. The molecule has 19 nitrogen and oxygen atoms in total. The van der Waals surface area contributed by atoms with E-state index in [-0.39, 0.29) is 17.8 Å². The maximum Gasteiger partial charge on any atom is 0.292 e. The summed E-state index contributed by atoms with van der Waals surface area (Å²) in [6.07, 6.45) is 2.01. The second-order valence-electron chi connectivity index (χ2n) is 13.7. The average molecular weight is 840 g/mol. The number of ether oxygens (including phenoxy) is 8. The zero-order valence-electron chi connectivity index (χ0n) is 34.4. The monoisotopic (exact) mass is 839 g/mol. The van der Waals surface area contributed by atoms with Crippen LogP contribution in [0.2, 0.25) is 0 Å². The summed E-state index contributed by atoms with van der Waals surface area (Å²) in [5.41, 5.74) is 30.3. The van der Waals surface area contributed by atoms with Crippen LogP contribution in [-0.2, 0) is 62.2 Å². The number of aromatic nitrogens is 1. The van der Waals surface area contributed by atoms with Gasteiger partial charge in [-0.1, -0.05) is 18.2 Å². The third-order valence-electron chi connectivity index (χ3n) is 9.43. The molecule has 0 radical (unpaired) electrons. The molecule has 0 aliphatic carbocycles. The third-order valence-corrected chi connectivity index (χ3v) is 9.43. The van der Waals surface area contributed by atoms with Gasteiger partial charge in [-0.2, -0.15) is 4.98 Å². The minimum absolute atomic E-state index is 0.0689. The Labute approximate surface area is 350 Å². The molecule has 1 atom stereocenters. The van der Waals surface area contributed by atoms with E-state index in [1.807, 2.05) is 11.0 Å². The number of rotatable bonds is 30. The summed E-state index contributed by atoms with van der Waals surface area (Å²) in [5.74, 6) is 0.352. The van der Waals surface area contributed by atoms with E-state index in [4.69, 9.17) is 65.2 Å². The van der Waals surface area contributed by atoms with Crippen molar-refractivity contribution in [3.05, 3.63) is 64.2 Å². The molecule has 5 rings (SSSR count). The molecule has 2 aliphatic rings. The maximum atomic E-state index is 13.0. The van der Waals surface area contributed by atoms with Gasteiger partial charge < -0.3 is 70.1 Å². The number of amides is 1. The van der Waals surface area contributed by atoms with Gasteiger partial charge in [0, 0.05) is 37.4 Å². The summed E-state index contributed by atoms with van der Waals surface area (Å²) >= 11 is 0. The first-order valence-electron chi connectivity index (χ1n) is 20.4. The zero-order chi connectivity index (χ0) is 42.2. The van der Waals surface area contributed by atoms with Crippen molar-refractivity contribution < 1.29 is 47.1 Å². The second-order valence-corrected chi connectivity index (χ2v) is 13.7. The Morgan fingerprint density at radius 1 is 0.750 bits per heavy atom. The summed E-state index contributed by atoms with van der Waals surface area (Å²) < 4.78 is 49.2. The van der Waals surface area contributed by atoms with Crippen molar-refractivity contribution in [3.8, 4) is 0 Å². The molecule has 1 amide bonds. The van der Waals surface area contributed by atoms with Gasteiger partial charge in [0.05, 0.1) is 118 Å². The lowest BCUT2D eigenvalue weighted by atomic mass is 9.96. The molecule has 2 aromatic carbocycles. The van der Waals surface area contributed by atoms with Gasteiger partial charge in [0.25, 0.3) is 6.01 Å². The van der Waals surface area contributed by atoms with Crippen LogP contribution in [-0.4, -0.2) is 153 Å². The van der Waals surface area contributed by atoms with Crippen LogP contribution in [0.25, 0.3) is 16.8 Å². The van der Waals surface area contributed by atoms with Crippen LogP contribution < -0.4 is 28.3 Å². The van der Waals surface area contributed by atoms with Crippen molar-refractivity contribution in [1.29, 1.82) is 0 Å². The van der Waals surface area contributed by atoms with Crippen LogP contribution in [0.4, 0.5) is 6.01 Å². The number of nitrogen functional groups attached to an aromatic ring is 1. The van der Waals surface area contributed by atoms with Crippen LogP contribution in [0.3, 0.4) is 0 Å². The first-order chi connectivity index (χ1) is 29.4. The third kappa shape index (κ3) is 15.8. The molecule has 1 aromatic heterocycles. The van der Waals surface area contributed by atoms with Crippen LogP contribution in [0, 0.1) is 0 Å². The van der Waals surface area contributed by atoms with E-state index in [1.54, 1.807) is 12.1 Å². The first kappa shape index (κ1) is 46.5. The number of anilines is 1. The molecule has 0 saturated carbocycles. The number of fused-ring (bicyclic) bond motifs is 2. The molecule has 0 spiro atoms. The molecule has 0 fully saturated rings. The fourth-order valence-electron chi connectivity index (χ4n) is 6.34. The van der Waals surface area contributed by atoms with E-state index in [1.165, 1.54) is 11.9 Å². The van der Waals surface area contributed by atoms with Gasteiger partial charge in [-0.15, -0.1) is 0 Å². The van der Waals surface area contributed by atoms with Gasteiger partial charge in [0.1, 0.15) is 23.9 Å². The number of aliphatic imine (C=N–C) groups is 2. The number of amidine groups is 1. The average Bonchev–Trinajstić information content (AvgIpc) is 3.64.